The zero-order valence-electron chi connectivity index (χ0n) is 10.5. The fraction of sp³-hybridized carbons (Fsp3) is 0.429. The van der Waals surface area contributed by atoms with Crippen LogP contribution in [0.25, 0.3) is 0 Å². The number of hydrogen-bond donors (Lipinski definition) is 0. The van der Waals surface area contributed by atoms with Crippen LogP contribution in [0, 0.1) is 6.92 Å². The smallest absolute Gasteiger partial charge is 0.159 e. The van der Waals surface area contributed by atoms with Gasteiger partial charge in [0.2, 0.25) is 0 Å². The molecule has 2 heteroatoms. The van der Waals surface area contributed by atoms with Gasteiger partial charge in [0.05, 0.1) is 0 Å². The Hall–Kier alpha value is -1.44. The van der Waals surface area contributed by atoms with Crippen molar-refractivity contribution in [1.29, 1.82) is 0 Å². The third kappa shape index (κ3) is 6.93. The molecule has 0 aliphatic heterocycles. The Morgan fingerprint density at radius 2 is 1.56 bits per heavy atom. The van der Waals surface area contributed by atoms with E-state index in [0.29, 0.717) is 0 Å². The Kier molecular flexibility index (Phi) is 7.10. The lowest BCUT2D eigenvalue weighted by atomic mass is 10.1. The summed E-state index contributed by atoms with van der Waals surface area (Å²) in [4.78, 5) is 20.8. The third-order valence-electron chi connectivity index (χ3n) is 2.06. The van der Waals surface area contributed by atoms with Crippen molar-refractivity contribution in [3.63, 3.8) is 0 Å². The van der Waals surface area contributed by atoms with Crippen molar-refractivity contribution in [3.05, 3.63) is 35.4 Å². The van der Waals surface area contributed by atoms with E-state index in [0.717, 1.165) is 18.4 Å². The molecule has 0 aromatic heterocycles. The van der Waals surface area contributed by atoms with Crippen LogP contribution in [0.5, 0.6) is 0 Å². The quantitative estimate of drug-likeness (QED) is 0.730. The highest BCUT2D eigenvalue weighted by molar-refractivity contribution is 5.93. The summed E-state index contributed by atoms with van der Waals surface area (Å²) in [5, 5.41) is 0. The second kappa shape index (κ2) is 7.80. The van der Waals surface area contributed by atoms with E-state index in [1.165, 1.54) is 5.56 Å². The number of benzene rings is 1. The maximum Gasteiger partial charge on any atom is 0.159 e. The molecule has 0 unspecified atom stereocenters. The van der Waals surface area contributed by atoms with Gasteiger partial charge in [0.25, 0.3) is 0 Å². The van der Waals surface area contributed by atoms with E-state index in [2.05, 4.69) is 0 Å². The van der Waals surface area contributed by atoms with Gasteiger partial charge < -0.3 is 4.79 Å². The van der Waals surface area contributed by atoms with Crippen molar-refractivity contribution in [2.45, 2.75) is 40.5 Å². The normalized spacial score (nSPS) is 9.00. The summed E-state index contributed by atoms with van der Waals surface area (Å²) >= 11 is 0. The molecule has 0 spiro atoms. The molecule has 0 heterocycles. The van der Waals surface area contributed by atoms with Crippen molar-refractivity contribution < 1.29 is 9.59 Å². The van der Waals surface area contributed by atoms with Gasteiger partial charge in [-0.2, -0.15) is 0 Å². The molecule has 0 amide bonds. The summed E-state index contributed by atoms with van der Waals surface area (Å²) in [6.07, 6.45) is 1.72. The van der Waals surface area contributed by atoms with Gasteiger partial charge in [-0.15, -0.1) is 0 Å². The van der Waals surface area contributed by atoms with Gasteiger partial charge >= 0.3 is 0 Å². The molecule has 16 heavy (non-hydrogen) atoms. The summed E-state index contributed by atoms with van der Waals surface area (Å²) in [5.41, 5.74) is 1.97. The Morgan fingerprint density at radius 3 is 1.81 bits per heavy atom. The monoisotopic (exact) mass is 220 g/mol. The topological polar surface area (TPSA) is 34.1 Å². The predicted octanol–water partition coefficient (Wildman–Crippen LogP) is 3.57. The van der Waals surface area contributed by atoms with Crippen molar-refractivity contribution in [1.82, 2.24) is 0 Å². The Labute approximate surface area is 97.7 Å². The summed E-state index contributed by atoms with van der Waals surface area (Å²) in [6, 6.07) is 7.57. The van der Waals surface area contributed by atoms with Crippen molar-refractivity contribution >= 4 is 11.6 Å². The van der Waals surface area contributed by atoms with Crippen LogP contribution in [-0.4, -0.2) is 11.6 Å². The zero-order valence-corrected chi connectivity index (χ0v) is 10.5. The first-order valence-electron chi connectivity index (χ1n) is 5.54. The molecule has 2 nitrogen and oxygen atoms in total. The number of aryl methyl sites for hydroxylation is 1. The second-order valence-electron chi connectivity index (χ2n) is 3.87. The van der Waals surface area contributed by atoms with Gasteiger partial charge in [0.1, 0.15) is 5.78 Å². The van der Waals surface area contributed by atoms with E-state index in [4.69, 9.17) is 0 Å². The van der Waals surface area contributed by atoms with Crippen LogP contribution in [0.2, 0.25) is 0 Å². The van der Waals surface area contributed by atoms with E-state index in [9.17, 15) is 9.59 Å². The molecular weight excluding hydrogens is 200 g/mol. The highest BCUT2D eigenvalue weighted by Crippen LogP contribution is 2.02. The molecule has 0 aliphatic rings. The van der Waals surface area contributed by atoms with Crippen molar-refractivity contribution in [2.75, 3.05) is 0 Å². The Morgan fingerprint density at radius 1 is 1.06 bits per heavy atom. The van der Waals surface area contributed by atoms with E-state index in [1.54, 1.807) is 13.8 Å². The molecule has 0 saturated heterocycles. The fourth-order valence-electron chi connectivity index (χ4n) is 1.14. The van der Waals surface area contributed by atoms with Crippen LogP contribution in [0.1, 0.15) is 49.5 Å². The van der Waals surface area contributed by atoms with Gasteiger partial charge in [-0.1, -0.05) is 36.8 Å². The molecule has 1 aromatic carbocycles. The lowest BCUT2D eigenvalue weighted by molar-refractivity contribution is -0.117. The van der Waals surface area contributed by atoms with E-state index in [1.807, 2.05) is 38.1 Å². The van der Waals surface area contributed by atoms with Crippen LogP contribution in [-0.2, 0) is 4.79 Å². The molecule has 0 N–H and O–H groups in total. The highest BCUT2D eigenvalue weighted by atomic mass is 16.1. The second-order valence-corrected chi connectivity index (χ2v) is 3.87. The van der Waals surface area contributed by atoms with Crippen LogP contribution in [0.4, 0.5) is 0 Å². The van der Waals surface area contributed by atoms with Crippen LogP contribution in [0.3, 0.4) is 0 Å². The maximum absolute atomic E-state index is 10.8. The Bertz CT molecular complexity index is 336. The van der Waals surface area contributed by atoms with Crippen LogP contribution < -0.4 is 0 Å². The highest BCUT2D eigenvalue weighted by Gasteiger charge is 1.95. The molecular formula is C14H20O2. The number of Topliss-reactive ketones (excluding diaryl/α,β-unsaturated/α-hetero) is 2. The molecule has 0 radical (unpaired) electrons. The minimum Gasteiger partial charge on any atom is -0.300 e. The first-order chi connectivity index (χ1) is 7.47. The number of ketones is 2. The van der Waals surface area contributed by atoms with Crippen LogP contribution in [0.15, 0.2) is 24.3 Å². The summed E-state index contributed by atoms with van der Waals surface area (Å²) in [5.74, 6) is 0.414. The number of hydrogen-bond acceptors (Lipinski definition) is 2. The SMILES string of the molecule is CC(=O)c1ccc(C)cc1.CCCC(C)=O. The van der Waals surface area contributed by atoms with E-state index >= 15 is 0 Å². The molecule has 0 saturated carbocycles. The fourth-order valence-corrected chi connectivity index (χ4v) is 1.14. The number of rotatable bonds is 3. The zero-order chi connectivity index (χ0) is 12.6. The minimum absolute atomic E-state index is 0.125. The van der Waals surface area contributed by atoms with Crippen molar-refractivity contribution in [2.24, 2.45) is 0 Å². The lowest BCUT2D eigenvalue weighted by Gasteiger charge is -1.93. The first kappa shape index (κ1) is 14.6. The van der Waals surface area contributed by atoms with Gasteiger partial charge in [0, 0.05) is 12.0 Å². The average molecular weight is 220 g/mol. The summed E-state index contributed by atoms with van der Waals surface area (Å²) < 4.78 is 0. The molecule has 0 fully saturated rings. The maximum atomic E-state index is 10.8. The molecule has 88 valence electrons. The van der Waals surface area contributed by atoms with Gasteiger partial charge in [0.15, 0.2) is 5.78 Å². The molecule has 1 rings (SSSR count). The van der Waals surface area contributed by atoms with E-state index < -0.39 is 0 Å². The first-order valence-corrected chi connectivity index (χ1v) is 5.54. The minimum atomic E-state index is 0.125. The largest absolute Gasteiger partial charge is 0.300 e. The van der Waals surface area contributed by atoms with Gasteiger partial charge in [-0.3, -0.25) is 4.79 Å². The number of carbonyl (C=O) groups is 2. The molecule has 0 aliphatic carbocycles. The predicted molar refractivity (Wildman–Crippen MR) is 66.8 cm³/mol. The molecule has 1 aromatic rings. The summed E-state index contributed by atoms with van der Waals surface area (Å²) in [6.45, 7) is 7.19. The third-order valence-corrected chi connectivity index (χ3v) is 2.06. The number of carbonyl (C=O) groups excluding carboxylic acids is 2. The summed E-state index contributed by atoms with van der Waals surface area (Å²) in [7, 11) is 0. The molecule has 0 bridgehead atoms. The van der Waals surface area contributed by atoms with Crippen LogP contribution >= 0.6 is 0 Å². The standard InChI is InChI=1S/C9H10O.C5H10O/c1-7-3-5-9(6-4-7)8(2)10;1-3-4-5(2)6/h3-6H,1-2H3;3-4H2,1-2H3. The van der Waals surface area contributed by atoms with Crippen molar-refractivity contribution in [3.8, 4) is 0 Å². The Balaban J connectivity index is 0.000000325. The van der Waals surface area contributed by atoms with Gasteiger partial charge in [-0.05, 0) is 27.2 Å². The van der Waals surface area contributed by atoms with Gasteiger partial charge in [-0.25, -0.2) is 0 Å². The lowest BCUT2D eigenvalue weighted by Crippen LogP contribution is -1.90. The average Bonchev–Trinajstić information content (AvgIpc) is 2.19. The van der Waals surface area contributed by atoms with E-state index in [-0.39, 0.29) is 11.6 Å². The molecule has 0 atom stereocenters.